The van der Waals surface area contributed by atoms with E-state index < -0.39 is 12.5 Å². The predicted octanol–water partition coefficient (Wildman–Crippen LogP) is 4.24. The van der Waals surface area contributed by atoms with Crippen molar-refractivity contribution in [3.8, 4) is 5.75 Å². The van der Waals surface area contributed by atoms with E-state index in [0.717, 1.165) is 0 Å². The normalized spacial score (nSPS) is 10.5. The number of aromatic nitrogens is 1. The molecule has 0 unspecified atom stereocenters. The number of halogens is 4. The average molecular weight is 333 g/mol. The van der Waals surface area contributed by atoms with Crippen LogP contribution in [0.3, 0.4) is 0 Å². The van der Waals surface area contributed by atoms with E-state index in [9.17, 15) is 13.6 Å². The van der Waals surface area contributed by atoms with Gasteiger partial charge in [-0.15, -0.1) is 0 Å². The fourth-order valence-electron chi connectivity index (χ4n) is 1.53. The molecule has 1 aromatic heterocycles. The minimum atomic E-state index is -3.00. The third-order valence-corrected chi connectivity index (χ3v) is 2.89. The van der Waals surface area contributed by atoms with E-state index in [1.54, 1.807) is 6.07 Å². The van der Waals surface area contributed by atoms with Crippen LogP contribution < -0.4 is 10.1 Å². The summed E-state index contributed by atoms with van der Waals surface area (Å²) in [6, 6.07) is 8.60. The topological polar surface area (TPSA) is 51.2 Å². The molecule has 0 aliphatic heterocycles. The highest BCUT2D eigenvalue weighted by molar-refractivity contribution is 6.35. The lowest BCUT2D eigenvalue weighted by Gasteiger charge is -2.11. The Morgan fingerprint density at radius 1 is 1.19 bits per heavy atom. The number of rotatable bonds is 4. The standard InChI is InChI=1S/C13H8Cl2F2N2O2/c14-7-5-6-10(15)19-11(7)12(20)18-8-3-1-2-4-9(8)21-13(16)17/h1-6,13H,(H,18,20). The first-order chi connectivity index (χ1) is 9.97. The van der Waals surface area contributed by atoms with E-state index in [2.05, 4.69) is 15.0 Å². The summed E-state index contributed by atoms with van der Waals surface area (Å²) in [4.78, 5) is 15.9. The van der Waals surface area contributed by atoms with Gasteiger partial charge in [-0.1, -0.05) is 35.3 Å². The lowest BCUT2D eigenvalue weighted by molar-refractivity contribution is -0.0493. The number of carbonyl (C=O) groups is 1. The number of amides is 1. The Morgan fingerprint density at radius 2 is 1.90 bits per heavy atom. The minimum absolute atomic E-state index is 0.0700. The van der Waals surface area contributed by atoms with Crippen LogP contribution in [0, 0.1) is 0 Å². The minimum Gasteiger partial charge on any atom is -0.433 e. The van der Waals surface area contributed by atoms with Gasteiger partial charge in [-0.2, -0.15) is 8.78 Å². The third kappa shape index (κ3) is 4.03. The fourth-order valence-corrected chi connectivity index (χ4v) is 1.87. The molecule has 1 amide bonds. The van der Waals surface area contributed by atoms with E-state index in [-0.39, 0.29) is 27.3 Å². The summed E-state index contributed by atoms with van der Waals surface area (Å²) in [5, 5.41) is 2.57. The van der Waals surface area contributed by atoms with Crippen molar-refractivity contribution in [2.75, 3.05) is 5.32 Å². The van der Waals surface area contributed by atoms with Gasteiger partial charge in [0.15, 0.2) is 0 Å². The number of hydrogen-bond acceptors (Lipinski definition) is 3. The van der Waals surface area contributed by atoms with E-state index in [4.69, 9.17) is 23.2 Å². The second-order valence-corrected chi connectivity index (χ2v) is 4.59. The molecule has 0 bridgehead atoms. The van der Waals surface area contributed by atoms with Gasteiger partial charge >= 0.3 is 6.61 Å². The number of benzene rings is 1. The second kappa shape index (κ2) is 6.69. The molecule has 4 nitrogen and oxygen atoms in total. The van der Waals surface area contributed by atoms with Crippen molar-refractivity contribution in [3.63, 3.8) is 0 Å². The molecule has 0 fully saturated rings. The maximum absolute atomic E-state index is 12.3. The highest BCUT2D eigenvalue weighted by Gasteiger charge is 2.16. The van der Waals surface area contributed by atoms with Crippen LogP contribution >= 0.6 is 23.2 Å². The number of nitrogens with zero attached hydrogens (tertiary/aromatic N) is 1. The maximum Gasteiger partial charge on any atom is 0.387 e. The summed E-state index contributed by atoms with van der Waals surface area (Å²) in [5.74, 6) is -0.855. The zero-order chi connectivity index (χ0) is 15.4. The van der Waals surface area contributed by atoms with Crippen molar-refractivity contribution in [1.82, 2.24) is 4.98 Å². The molecule has 0 radical (unpaired) electrons. The molecule has 0 aliphatic rings. The summed E-state index contributed by atoms with van der Waals surface area (Å²) in [7, 11) is 0. The number of nitrogens with one attached hydrogen (secondary N) is 1. The van der Waals surface area contributed by atoms with Crippen LogP contribution in [-0.2, 0) is 0 Å². The first kappa shape index (κ1) is 15.5. The van der Waals surface area contributed by atoms with Crippen molar-refractivity contribution in [2.45, 2.75) is 6.61 Å². The van der Waals surface area contributed by atoms with Crippen molar-refractivity contribution in [1.29, 1.82) is 0 Å². The molecule has 21 heavy (non-hydrogen) atoms. The Labute approximate surface area is 128 Å². The van der Waals surface area contributed by atoms with E-state index >= 15 is 0 Å². The summed E-state index contributed by atoms with van der Waals surface area (Å²) in [6.45, 7) is -3.00. The van der Waals surface area contributed by atoms with E-state index in [0.29, 0.717) is 0 Å². The van der Waals surface area contributed by atoms with Crippen molar-refractivity contribution >= 4 is 34.8 Å². The monoisotopic (exact) mass is 332 g/mol. The first-order valence-corrected chi connectivity index (χ1v) is 6.40. The molecule has 0 aliphatic carbocycles. The SMILES string of the molecule is O=C(Nc1ccccc1OC(F)F)c1nc(Cl)ccc1Cl. The Balaban J connectivity index is 2.25. The quantitative estimate of drug-likeness (QED) is 0.852. The van der Waals surface area contributed by atoms with Gasteiger partial charge in [0.2, 0.25) is 0 Å². The summed E-state index contributed by atoms with van der Waals surface area (Å²) in [6.07, 6.45) is 0. The fraction of sp³-hybridized carbons (Fsp3) is 0.0769. The van der Waals surface area contributed by atoms with Crippen LogP contribution in [0.25, 0.3) is 0 Å². The largest absolute Gasteiger partial charge is 0.433 e. The molecule has 1 aromatic carbocycles. The Hall–Kier alpha value is -1.92. The van der Waals surface area contributed by atoms with Crippen LogP contribution in [0.15, 0.2) is 36.4 Å². The van der Waals surface area contributed by atoms with Gasteiger partial charge in [0.05, 0.1) is 10.7 Å². The first-order valence-electron chi connectivity index (χ1n) is 5.64. The molecule has 8 heteroatoms. The van der Waals surface area contributed by atoms with Crippen LogP contribution in [0.4, 0.5) is 14.5 Å². The number of pyridine rings is 1. The van der Waals surface area contributed by atoms with Gasteiger partial charge in [-0.25, -0.2) is 4.98 Å². The zero-order valence-corrected chi connectivity index (χ0v) is 11.8. The number of hydrogen-bond donors (Lipinski definition) is 1. The molecule has 2 aromatic rings. The summed E-state index contributed by atoms with van der Waals surface area (Å²) in [5.41, 5.74) is -0.0448. The number of para-hydroxylation sites is 2. The molecule has 1 N–H and O–H groups in total. The van der Waals surface area contributed by atoms with Crippen LogP contribution in [0.1, 0.15) is 10.5 Å². The van der Waals surface area contributed by atoms with Crippen molar-refractivity contribution < 1.29 is 18.3 Å². The molecule has 0 atom stereocenters. The average Bonchev–Trinajstić information content (AvgIpc) is 2.43. The van der Waals surface area contributed by atoms with Crippen molar-refractivity contribution in [3.05, 3.63) is 52.3 Å². The predicted molar refractivity (Wildman–Crippen MR) is 75.3 cm³/mol. The van der Waals surface area contributed by atoms with Gasteiger partial charge < -0.3 is 10.1 Å². The molecular formula is C13H8Cl2F2N2O2. The third-order valence-electron chi connectivity index (χ3n) is 2.38. The molecular weight excluding hydrogens is 325 g/mol. The van der Waals surface area contributed by atoms with E-state index in [1.165, 1.54) is 30.3 Å². The maximum atomic E-state index is 12.3. The number of ether oxygens (including phenoxy) is 1. The van der Waals surface area contributed by atoms with Gasteiger partial charge in [0.1, 0.15) is 16.6 Å². The van der Waals surface area contributed by atoms with Gasteiger partial charge in [0, 0.05) is 0 Å². The Morgan fingerprint density at radius 3 is 2.62 bits per heavy atom. The summed E-state index contributed by atoms with van der Waals surface area (Å²) < 4.78 is 28.9. The Bertz CT molecular complexity index is 668. The second-order valence-electron chi connectivity index (χ2n) is 3.79. The number of anilines is 1. The number of carbonyl (C=O) groups excluding carboxylic acids is 1. The zero-order valence-electron chi connectivity index (χ0n) is 10.3. The molecule has 0 saturated heterocycles. The van der Waals surface area contributed by atoms with Crippen LogP contribution in [0.5, 0.6) is 5.75 Å². The lowest BCUT2D eigenvalue weighted by Crippen LogP contribution is -2.15. The molecule has 1 heterocycles. The highest BCUT2D eigenvalue weighted by atomic mass is 35.5. The van der Waals surface area contributed by atoms with Crippen LogP contribution in [0.2, 0.25) is 10.2 Å². The van der Waals surface area contributed by atoms with Crippen molar-refractivity contribution in [2.24, 2.45) is 0 Å². The molecule has 0 saturated carbocycles. The molecule has 110 valence electrons. The van der Waals surface area contributed by atoms with Gasteiger partial charge in [-0.05, 0) is 24.3 Å². The number of alkyl halides is 2. The summed E-state index contributed by atoms with van der Waals surface area (Å²) >= 11 is 11.5. The lowest BCUT2D eigenvalue weighted by atomic mass is 10.2. The van der Waals surface area contributed by atoms with E-state index in [1.807, 2.05) is 0 Å². The Kier molecular flexibility index (Phi) is 4.93. The smallest absolute Gasteiger partial charge is 0.387 e. The van der Waals surface area contributed by atoms with Crippen LogP contribution in [-0.4, -0.2) is 17.5 Å². The highest BCUT2D eigenvalue weighted by Crippen LogP contribution is 2.26. The van der Waals surface area contributed by atoms with Gasteiger partial charge in [0.25, 0.3) is 5.91 Å². The molecule has 2 rings (SSSR count). The van der Waals surface area contributed by atoms with Gasteiger partial charge in [-0.3, -0.25) is 4.79 Å². The molecule has 0 spiro atoms.